The first-order valence-corrected chi connectivity index (χ1v) is 9.08. The first kappa shape index (κ1) is 20.4. The maximum absolute atomic E-state index is 11.9. The quantitative estimate of drug-likeness (QED) is 0.475. The fourth-order valence-corrected chi connectivity index (χ4v) is 3.45. The number of nitrogens with zero attached hydrogens (tertiary/aromatic N) is 2. The Hall–Kier alpha value is -1.95. The van der Waals surface area contributed by atoms with Crippen LogP contribution in [0.25, 0.3) is 0 Å². The molecule has 1 heterocycles. The molecule has 142 valence electrons. The molecule has 1 fully saturated rings. The third-order valence-corrected chi connectivity index (χ3v) is 4.59. The number of benzene rings is 1. The van der Waals surface area contributed by atoms with Crippen LogP contribution in [-0.4, -0.2) is 67.8 Å². The minimum absolute atomic E-state index is 0.0140. The minimum atomic E-state index is -0.309. The molecule has 2 atom stereocenters. The van der Waals surface area contributed by atoms with Crippen molar-refractivity contribution in [3.05, 3.63) is 61.2 Å². The molecule has 0 aromatic heterocycles. The molecule has 1 saturated heterocycles. The maximum Gasteiger partial charge on any atom is 0.332 e. The molecule has 1 aliphatic heterocycles. The zero-order valence-corrected chi connectivity index (χ0v) is 15.7. The number of ether oxygens (including phenoxy) is 2. The average molecular weight is 358 g/mol. The number of rotatable bonds is 10. The van der Waals surface area contributed by atoms with Gasteiger partial charge in [0.2, 0.25) is 0 Å². The molecule has 0 spiro atoms. The standard InChI is InChI=1S/C21H30N2O3/c1-4-12-23(13-5-2)19-16-22(15-18-9-7-6-8-10-18)14-11-20(19)26-21(24)17-25-3/h4-10,19-20H,1-2,11-17H2,3H3/t19-,20-/m0/s1. The number of methoxy groups -OCH3 is 1. The van der Waals surface area contributed by atoms with Crippen LogP contribution in [0, 0.1) is 0 Å². The van der Waals surface area contributed by atoms with Crippen LogP contribution >= 0.6 is 0 Å². The van der Waals surface area contributed by atoms with Crippen LogP contribution in [0.4, 0.5) is 0 Å². The molecule has 0 bridgehead atoms. The lowest BCUT2D eigenvalue weighted by molar-refractivity contribution is -0.160. The Bertz CT molecular complexity index is 566. The fraction of sp³-hybridized carbons (Fsp3) is 0.476. The highest BCUT2D eigenvalue weighted by Crippen LogP contribution is 2.22. The second-order valence-electron chi connectivity index (χ2n) is 6.57. The van der Waals surface area contributed by atoms with E-state index < -0.39 is 0 Å². The van der Waals surface area contributed by atoms with Gasteiger partial charge in [0.25, 0.3) is 0 Å². The van der Waals surface area contributed by atoms with Crippen LogP contribution in [0.3, 0.4) is 0 Å². The SMILES string of the molecule is C=CCN(CC=C)[C@H]1CN(Cc2ccccc2)CC[C@@H]1OC(=O)COC. The highest BCUT2D eigenvalue weighted by molar-refractivity contribution is 5.70. The van der Waals surface area contributed by atoms with Crippen LogP contribution in [0.15, 0.2) is 55.6 Å². The first-order chi connectivity index (χ1) is 12.7. The van der Waals surface area contributed by atoms with E-state index >= 15 is 0 Å². The van der Waals surface area contributed by atoms with Crippen molar-refractivity contribution in [1.82, 2.24) is 9.80 Å². The Balaban J connectivity index is 2.09. The average Bonchev–Trinajstić information content (AvgIpc) is 2.64. The summed E-state index contributed by atoms with van der Waals surface area (Å²) >= 11 is 0. The summed E-state index contributed by atoms with van der Waals surface area (Å²) in [6.45, 7) is 11.8. The highest BCUT2D eigenvalue weighted by Gasteiger charge is 2.35. The Morgan fingerprint density at radius 3 is 2.58 bits per heavy atom. The lowest BCUT2D eigenvalue weighted by atomic mass is 9.99. The molecule has 2 rings (SSSR count). The van der Waals surface area contributed by atoms with Crippen molar-refractivity contribution < 1.29 is 14.3 Å². The molecule has 26 heavy (non-hydrogen) atoms. The van der Waals surface area contributed by atoms with Crippen molar-refractivity contribution in [1.29, 1.82) is 0 Å². The van der Waals surface area contributed by atoms with Gasteiger partial charge in [-0.25, -0.2) is 4.79 Å². The van der Waals surface area contributed by atoms with Crippen molar-refractivity contribution in [2.75, 3.05) is 39.9 Å². The molecule has 0 saturated carbocycles. The van der Waals surface area contributed by atoms with Crippen molar-refractivity contribution in [2.45, 2.75) is 25.1 Å². The topological polar surface area (TPSA) is 42.0 Å². The van der Waals surface area contributed by atoms with E-state index in [-0.39, 0.29) is 24.7 Å². The number of piperidine rings is 1. The van der Waals surface area contributed by atoms with Crippen molar-refractivity contribution in [2.24, 2.45) is 0 Å². The predicted octanol–water partition coefficient (Wildman–Crippen LogP) is 2.49. The Labute approximate surface area is 156 Å². The fourth-order valence-electron chi connectivity index (χ4n) is 3.45. The zero-order chi connectivity index (χ0) is 18.8. The molecule has 5 nitrogen and oxygen atoms in total. The molecule has 5 heteroatoms. The van der Waals surface area contributed by atoms with Crippen LogP contribution in [-0.2, 0) is 20.8 Å². The second kappa shape index (κ2) is 10.9. The number of carbonyl (C=O) groups excluding carboxylic acids is 1. The molecular weight excluding hydrogens is 328 g/mol. The van der Waals surface area contributed by atoms with E-state index in [9.17, 15) is 4.79 Å². The van der Waals surface area contributed by atoms with Gasteiger partial charge in [-0.15, -0.1) is 13.2 Å². The summed E-state index contributed by atoms with van der Waals surface area (Å²) in [7, 11) is 1.50. The van der Waals surface area contributed by atoms with Crippen LogP contribution in [0.5, 0.6) is 0 Å². The van der Waals surface area contributed by atoms with Crippen molar-refractivity contribution >= 4 is 5.97 Å². The summed E-state index contributed by atoms with van der Waals surface area (Å²) in [6.07, 6.45) is 4.42. The molecular formula is C21H30N2O3. The lowest BCUT2D eigenvalue weighted by Crippen LogP contribution is -2.56. The molecule has 0 aliphatic carbocycles. The van der Waals surface area contributed by atoms with Crippen molar-refractivity contribution in [3.63, 3.8) is 0 Å². The molecule has 0 N–H and O–H groups in total. The monoisotopic (exact) mass is 358 g/mol. The van der Waals surface area contributed by atoms with Crippen LogP contribution < -0.4 is 0 Å². The summed E-state index contributed by atoms with van der Waals surface area (Å²) in [4.78, 5) is 16.6. The minimum Gasteiger partial charge on any atom is -0.459 e. The molecule has 1 aromatic carbocycles. The van der Waals surface area contributed by atoms with E-state index in [0.29, 0.717) is 0 Å². The number of carbonyl (C=O) groups is 1. The third kappa shape index (κ3) is 6.09. The van der Waals surface area contributed by atoms with Crippen LogP contribution in [0.2, 0.25) is 0 Å². The summed E-state index contributed by atoms with van der Waals surface area (Å²) in [5.74, 6) is -0.309. The van der Waals surface area contributed by atoms with Gasteiger partial charge >= 0.3 is 5.97 Å². The summed E-state index contributed by atoms with van der Waals surface area (Å²) < 4.78 is 10.6. The van der Waals surface area contributed by atoms with Gasteiger partial charge < -0.3 is 9.47 Å². The number of esters is 1. The van der Waals surface area contributed by atoms with E-state index in [1.165, 1.54) is 12.7 Å². The van der Waals surface area contributed by atoms with E-state index in [1.807, 2.05) is 18.2 Å². The van der Waals surface area contributed by atoms with E-state index in [4.69, 9.17) is 9.47 Å². The summed E-state index contributed by atoms with van der Waals surface area (Å²) in [5, 5.41) is 0. The second-order valence-corrected chi connectivity index (χ2v) is 6.57. The lowest BCUT2D eigenvalue weighted by Gasteiger charge is -2.43. The largest absolute Gasteiger partial charge is 0.459 e. The molecule has 0 radical (unpaired) electrons. The van der Waals surface area contributed by atoms with Gasteiger partial charge in [-0.2, -0.15) is 0 Å². The molecule has 1 aromatic rings. The van der Waals surface area contributed by atoms with Gasteiger partial charge in [0, 0.05) is 39.8 Å². The Morgan fingerprint density at radius 2 is 1.96 bits per heavy atom. The van der Waals surface area contributed by atoms with Gasteiger partial charge in [-0.1, -0.05) is 42.5 Å². The first-order valence-electron chi connectivity index (χ1n) is 9.08. The zero-order valence-electron chi connectivity index (χ0n) is 15.7. The maximum atomic E-state index is 11.9. The summed E-state index contributed by atoms with van der Waals surface area (Å²) in [6, 6.07) is 10.5. The van der Waals surface area contributed by atoms with E-state index in [2.05, 4.69) is 47.2 Å². The van der Waals surface area contributed by atoms with Gasteiger partial charge in [-0.05, 0) is 12.0 Å². The molecule has 0 amide bonds. The molecule has 0 unspecified atom stereocenters. The molecule has 1 aliphatic rings. The van der Waals surface area contributed by atoms with Crippen LogP contribution in [0.1, 0.15) is 12.0 Å². The number of likely N-dealkylation sites (tertiary alicyclic amines) is 1. The summed E-state index contributed by atoms with van der Waals surface area (Å²) in [5.41, 5.74) is 1.29. The highest BCUT2D eigenvalue weighted by atomic mass is 16.6. The third-order valence-electron chi connectivity index (χ3n) is 4.59. The smallest absolute Gasteiger partial charge is 0.332 e. The Morgan fingerprint density at radius 1 is 1.27 bits per heavy atom. The van der Waals surface area contributed by atoms with Gasteiger partial charge in [0.05, 0.1) is 6.04 Å². The number of hydrogen-bond acceptors (Lipinski definition) is 5. The normalized spacial score (nSPS) is 20.7. The van der Waals surface area contributed by atoms with Gasteiger partial charge in [-0.3, -0.25) is 9.80 Å². The predicted molar refractivity (Wildman–Crippen MR) is 104 cm³/mol. The van der Waals surface area contributed by atoms with Gasteiger partial charge in [0.15, 0.2) is 0 Å². The van der Waals surface area contributed by atoms with E-state index in [0.717, 1.165) is 39.1 Å². The van der Waals surface area contributed by atoms with Gasteiger partial charge in [0.1, 0.15) is 12.7 Å². The van der Waals surface area contributed by atoms with E-state index in [1.54, 1.807) is 0 Å². The number of hydrogen-bond donors (Lipinski definition) is 0. The van der Waals surface area contributed by atoms with Crippen molar-refractivity contribution in [3.8, 4) is 0 Å². The Kier molecular flexibility index (Phi) is 8.54.